The van der Waals surface area contributed by atoms with Gasteiger partial charge in [0.05, 0.1) is 12.6 Å². The van der Waals surface area contributed by atoms with E-state index in [0.717, 1.165) is 24.0 Å². The third-order valence-corrected chi connectivity index (χ3v) is 7.32. The Labute approximate surface area is 247 Å². The van der Waals surface area contributed by atoms with E-state index in [1.54, 1.807) is 24.3 Å². The molecule has 9 heteroatoms. The van der Waals surface area contributed by atoms with Gasteiger partial charge in [-0.05, 0) is 48.9 Å². The predicted octanol–water partition coefficient (Wildman–Crippen LogP) is 4.10. The van der Waals surface area contributed by atoms with Crippen molar-refractivity contribution in [1.29, 1.82) is 0 Å². The number of anilines is 1. The maximum atomic E-state index is 13.6. The van der Waals surface area contributed by atoms with E-state index in [1.807, 2.05) is 37.3 Å². The lowest BCUT2D eigenvalue weighted by atomic mass is 9.90. The Morgan fingerprint density at radius 1 is 0.857 bits per heavy atom. The largest absolute Gasteiger partial charge is 0.392 e. The van der Waals surface area contributed by atoms with Crippen molar-refractivity contribution in [2.75, 3.05) is 11.9 Å². The molecule has 4 amide bonds. The number of carbonyl (C=O) groups is 5. The zero-order valence-electron chi connectivity index (χ0n) is 24.2. The minimum Gasteiger partial charge on any atom is -0.392 e. The number of amides is 4. The molecule has 3 N–H and O–H groups in total. The van der Waals surface area contributed by atoms with Crippen LogP contribution in [0.2, 0.25) is 0 Å². The second-order valence-corrected chi connectivity index (χ2v) is 10.6. The topological polar surface area (TPSA) is 133 Å². The molecule has 42 heavy (non-hydrogen) atoms. The van der Waals surface area contributed by atoms with Crippen LogP contribution in [0.5, 0.6) is 0 Å². The molecular formula is C33H41N3O6. The van der Waals surface area contributed by atoms with Crippen LogP contribution in [-0.2, 0) is 37.0 Å². The van der Waals surface area contributed by atoms with Gasteiger partial charge >= 0.3 is 0 Å². The predicted molar refractivity (Wildman–Crippen MR) is 160 cm³/mol. The molecule has 0 bridgehead atoms. The van der Waals surface area contributed by atoms with E-state index in [4.69, 9.17) is 0 Å². The van der Waals surface area contributed by atoms with Crippen LogP contribution in [0.3, 0.4) is 0 Å². The molecule has 0 saturated carbocycles. The highest BCUT2D eigenvalue weighted by atomic mass is 16.3. The number of carbonyl (C=O) groups excluding carboxylic acids is 5. The second-order valence-electron chi connectivity index (χ2n) is 10.6. The average molecular weight is 576 g/mol. The number of ketones is 1. The number of aliphatic hydroxyl groups is 1. The molecule has 0 unspecified atom stereocenters. The summed E-state index contributed by atoms with van der Waals surface area (Å²) in [6.07, 6.45) is 7.06. The van der Waals surface area contributed by atoms with Crippen LogP contribution >= 0.6 is 0 Å². The van der Waals surface area contributed by atoms with E-state index in [1.165, 1.54) is 17.1 Å². The minimum absolute atomic E-state index is 0.00423. The molecule has 2 aromatic carbocycles. The third-order valence-electron chi connectivity index (χ3n) is 7.32. The second kappa shape index (κ2) is 17.0. The minimum atomic E-state index is -0.772. The van der Waals surface area contributed by atoms with Crippen molar-refractivity contribution >= 4 is 35.1 Å². The standard InChI is InChI=1S/C33H41N3O6/c1-2-3-12-26(33(42)34-27-16-14-25(23-37)15-17-27)22-29(38)28(21-24-10-6-4-7-11-24)35-30(39)13-8-5-9-20-36-31(40)18-19-32(36)41/h4,6-7,10-11,14-19,26,28,37H,2-3,5,8-9,12-13,20-23H2,1H3,(H,34,42)(H,35,39)/t26-,28+/m1/s1. The van der Waals surface area contributed by atoms with E-state index in [9.17, 15) is 29.1 Å². The summed E-state index contributed by atoms with van der Waals surface area (Å²) in [7, 11) is 0. The number of rotatable bonds is 18. The lowest BCUT2D eigenvalue weighted by Gasteiger charge is -2.22. The highest BCUT2D eigenvalue weighted by molar-refractivity contribution is 6.12. The lowest BCUT2D eigenvalue weighted by Crippen LogP contribution is -2.43. The normalized spacial score (nSPS) is 14.1. The molecule has 0 aromatic heterocycles. The number of nitrogens with zero attached hydrogens (tertiary/aromatic N) is 1. The van der Waals surface area contributed by atoms with Crippen molar-refractivity contribution < 1.29 is 29.1 Å². The molecule has 0 radical (unpaired) electrons. The molecule has 3 rings (SSSR count). The Hall–Kier alpha value is -4.11. The SMILES string of the molecule is CCCC[C@H](CC(=O)[C@H](Cc1ccccc1)NC(=O)CCCCCN1C(=O)C=CC1=O)C(=O)Nc1ccc(CO)cc1. The van der Waals surface area contributed by atoms with Crippen molar-refractivity contribution in [1.82, 2.24) is 10.2 Å². The molecule has 0 saturated heterocycles. The Kier molecular flexibility index (Phi) is 13.1. The molecule has 1 heterocycles. The number of Topliss-reactive ketones (excluding diaryl/α,β-unsaturated/α-hetero) is 1. The summed E-state index contributed by atoms with van der Waals surface area (Å²) >= 11 is 0. The fourth-order valence-electron chi connectivity index (χ4n) is 4.84. The van der Waals surface area contributed by atoms with Gasteiger partial charge in [0.15, 0.2) is 5.78 Å². The van der Waals surface area contributed by atoms with Gasteiger partial charge in [-0.2, -0.15) is 0 Å². The van der Waals surface area contributed by atoms with Gasteiger partial charge in [-0.25, -0.2) is 0 Å². The summed E-state index contributed by atoms with van der Waals surface area (Å²) in [6, 6.07) is 15.6. The third kappa shape index (κ3) is 10.4. The highest BCUT2D eigenvalue weighted by Crippen LogP contribution is 2.20. The van der Waals surface area contributed by atoms with E-state index in [0.29, 0.717) is 44.3 Å². The highest BCUT2D eigenvalue weighted by Gasteiger charge is 2.28. The molecule has 1 aliphatic rings. The molecule has 0 fully saturated rings. The van der Waals surface area contributed by atoms with Crippen molar-refractivity contribution in [3.8, 4) is 0 Å². The molecule has 2 aromatic rings. The summed E-state index contributed by atoms with van der Waals surface area (Å²) in [5.74, 6) is -1.87. The molecule has 2 atom stereocenters. The summed E-state index contributed by atoms with van der Waals surface area (Å²) in [5.41, 5.74) is 2.23. The molecule has 224 valence electrons. The first kappa shape index (κ1) is 32.4. The van der Waals surface area contributed by atoms with Gasteiger partial charge in [-0.3, -0.25) is 28.9 Å². The van der Waals surface area contributed by atoms with Crippen LogP contribution in [0.4, 0.5) is 5.69 Å². The molecule has 0 spiro atoms. The van der Waals surface area contributed by atoms with Crippen molar-refractivity contribution in [3.05, 3.63) is 77.9 Å². The van der Waals surface area contributed by atoms with Crippen molar-refractivity contribution in [2.45, 2.75) is 77.4 Å². The van der Waals surface area contributed by atoms with Crippen LogP contribution in [0.15, 0.2) is 66.7 Å². The summed E-state index contributed by atoms with van der Waals surface area (Å²) < 4.78 is 0. The molecule has 0 aliphatic carbocycles. The van der Waals surface area contributed by atoms with Gasteiger partial charge in [-0.1, -0.05) is 68.7 Å². The first-order chi connectivity index (χ1) is 20.3. The zero-order valence-corrected chi connectivity index (χ0v) is 24.2. The number of unbranched alkanes of at least 4 members (excludes halogenated alkanes) is 3. The number of aliphatic hydroxyl groups excluding tert-OH is 1. The van der Waals surface area contributed by atoms with Crippen LogP contribution in [0.25, 0.3) is 0 Å². The van der Waals surface area contributed by atoms with Gasteiger partial charge in [0.1, 0.15) is 0 Å². The molecule has 9 nitrogen and oxygen atoms in total. The van der Waals surface area contributed by atoms with Gasteiger partial charge in [-0.15, -0.1) is 0 Å². The van der Waals surface area contributed by atoms with E-state index >= 15 is 0 Å². The fraction of sp³-hybridized carbons (Fsp3) is 0.424. The van der Waals surface area contributed by atoms with Gasteiger partial charge < -0.3 is 15.7 Å². The first-order valence-electron chi connectivity index (χ1n) is 14.7. The summed E-state index contributed by atoms with van der Waals surface area (Å²) in [5, 5.41) is 15.1. The molecular weight excluding hydrogens is 534 g/mol. The lowest BCUT2D eigenvalue weighted by molar-refractivity contribution is -0.137. The van der Waals surface area contributed by atoms with Crippen molar-refractivity contribution in [2.24, 2.45) is 5.92 Å². The number of hydrogen-bond donors (Lipinski definition) is 3. The average Bonchev–Trinajstić information content (AvgIpc) is 3.31. The number of imide groups is 1. The molecule has 1 aliphatic heterocycles. The maximum Gasteiger partial charge on any atom is 0.253 e. The maximum absolute atomic E-state index is 13.6. The van der Waals surface area contributed by atoms with E-state index in [2.05, 4.69) is 10.6 Å². The Morgan fingerprint density at radius 3 is 2.19 bits per heavy atom. The smallest absolute Gasteiger partial charge is 0.253 e. The number of hydrogen-bond acceptors (Lipinski definition) is 6. The van der Waals surface area contributed by atoms with E-state index in [-0.39, 0.29) is 48.9 Å². The zero-order chi connectivity index (χ0) is 30.3. The van der Waals surface area contributed by atoms with Crippen LogP contribution in [0.1, 0.15) is 69.4 Å². The summed E-state index contributed by atoms with van der Waals surface area (Å²) in [6.45, 7) is 2.25. The monoisotopic (exact) mass is 575 g/mol. The number of nitrogens with one attached hydrogen (secondary N) is 2. The van der Waals surface area contributed by atoms with Gasteiger partial charge in [0, 0.05) is 43.1 Å². The Morgan fingerprint density at radius 2 is 1.55 bits per heavy atom. The number of benzene rings is 2. The van der Waals surface area contributed by atoms with Crippen molar-refractivity contribution in [3.63, 3.8) is 0 Å². The Bertz CT molecular complexity index is 1220. The Balaban J connectivity index is 1.59. The fourth-order valence-corrected chi connectivity index (χ4v) is 4.84. The quantitative estimate of drug-likeness (QED) is 0.181. The first-order valence-corrected chi connectivity index (χ1v) is 14.7. The van der Waals surface area contributed by atoms with Crippen LogP contribution in [0, 0.1) is 5.92 Å². The van der Waals surface area contributed by atoms with E-state index < -0.39 is 12.0 Å². The van der Waals surface area contributed by atoms with Crippen LogP contribution in [-0.4, -0.2) is 52.0 Å². The van der Waals surface area contributed by atoms with Gasteiger partial charge in [0.2, 0.25) is 11.8 Å². The van der Waals surface area contributed by atoms with Gasteiger partial charge in [0.25, 0.3) is 11.8 Å². The summed E-state index contributed by atoms with van der Waals surface area (Å²) in [4.78, 5) is 64.2. The van der Waals surface area contributed by atoms with Crippen LogP contribution < -0.4 is 10.6 Å².